The molecule has 2 rings (SSSR count). The van der Waals surface area contributed by atoms with E-state index >= 15 is 0 Å². The lowest BCUT2D eigenvalue weighted by atomic mass is 9.97. The molecule has 0 saturated heterocycles. The van der Waals surface area contributed by atoms with Crippen molar-refractivity contribution >= 4 is 6.21 Å². The van der Waals surface area contributed by atoms with Gasteiger partial charge in [0.25, 0.3) is 0 Å². The molecule has 14 heavy (non-hydrogen) atoms. The highest BCUT2D eigenvalue weighted by Gasteiger charge is 2.08. The summed E-state index contributed by atoms with van der Waals surface area (Å²) in [6.07, 6.45) is 12.1. The van der Waals surface area contributed by atoms with Crippen molar-refractivity contribution in [2.24, 2.45) is 10.9 Å². The van der Waals surface area contributed by atoms with Crippen LogP contribution >= 0.6 is 0 Å². The first-order chi connectivity index (χ1) is 6.95. The van der Waals surface area contributed by atoms with E-state index in [1.807, 2.05) is 24.7 Å². The van der Waals surface area contributed by atoms with Gasteiger partial charge in [-0.05, 0) is 42.5 Å². The van der Waals surface area contributed by atoms with Crippen LogP contribution in [0, 0.1) is 5.92 Å². The molecular weight excluding hydrogens is 172 g/mol. The average molecular weight is 186 g/mol. The lowest BCUT2D eigenvalue weighted by Gasteiger charge is -2.10. The van der Waals surface area contributed by atoms with Gasteiger partial charge in [0.05, 0.1) is 0 Å². The van der Waals surface area contributed by atoms with Crippen LogP contribution in [0.25, 0.3) is 0 Å². The summed E-state index contributed by atoms with van der Waals surface area (Å²) in [5.41, 5.74) is 1.36. The van der Waals surface area contributed by atoms with E-state index in [2.05, 4.69) is 28.2 Å². The van der Waals surface area contributed by atoms with Gasteiger partial charge in [-0.25, -0.2) is 0 Å². The van der Waals surface area contributed by atoms with Gasteiger partial charge in [-0.1, -0.05) is 6.08 Å². The number of hydrogen-bond donors (Lipinski definition) is 0. The van der Waals surface area contributed by atoms with Crippen LogP contribution in [0.3, 0.4) is 0 Å². The molecule has 0 radical (unpaired) electrons. The zero-order valence-corrected chi connectivity index (χ0v) is 8.13. The third-order valence-corrected chi connectivity index (χ3v) is 2.43. The summed E-state index contributed by atoms with van der Waals surface area (Å²) in [7, 11) is 0. The monoisotopic (exact) mass is 186 g/mol. The molecule has 1 unspecified atom stereocenters. The summed E-state index contributed by atoms with van der Waals surface area (Å²) in [6.45, 7) is 0.940. The van der Waals surface area contributed by atoms with Crippen molar-refractivity contribution in [3.63, 3.8) is 0 Å². The molecule has 0 N–H and O–H groups in total. The maximum absolute atomic E-state index is 4.32. The third kappa shape index (κ3) is 2.52. The predicted octanol–water partition coefficient (Wildman–Crippen LogP) is 2.27. The van der Waals surface area contributed by atoms with Crippen LogP contribution in [0.4, 0.5) is 0 Å². The molecule has 0 aliphatic carbocycles. The summed E-state index contributed by atoms with van der Waals surface area (Å²) in [5.74, 6) is 0.646. The molecule has 0 spiro atoms. The first-order valence-electron chi connectivity index (χ1n) is 4.99. The number of nitrogens with zero attached hydrogens (tertiary/aromatic N) is 2. The minimum Gasteiger partial charge on any atom is -0.293 e. The fourth-order valence-electron chi connectivity index (χ4n) is 1.68. The van der Waals surface area contributed by atoms with Gasteiger partial charge in [-0.3, -0.25) is 9.98 Å². The molecular formula is C12H14N2. The Kier molecular flexibility index (Phi) is 3.06. The molecule has 1 aliphatic heterocycles. The highest BCUT2D eigenvalue weighted by Crippen LogP contribution is 2.14. The molecule has 0 aromatic carbocycles. The summed E-state index contributed by atoms with van der Waals surface area (Å²) < 4.78 is 0. The summed E-state index contributed by atoms with van der Waals surface area (Å²) in [6, 6.07) is 4.16. The maximum atomic E-state index is 4.32. The molecule has 0 saturated carbocycles. The molecule has 2 heterocycles. The van der Waals surface area contributed by atoms with Crippen molar-refractivity contribution in [3.05, 3.63) is 42.2 Å². The second kappa shape index (κ2) is 4.70. The summed E-state index contributed by atoms with van der Waals surface area (Å²) >= 11 is 0. The van der Waals surface area contributed by atoms with Gasteiger partial charge in [-0.15, -0.1) is 0 Å². The minimum atomic E-state index is 0.646. The Morgan fingerprint density at radius 2 is 2.14 bits per heavy atom. The normalized spacial score (nSPS) is 20.7. The Morgan fingerprint density at radius 3 is 3.00 bits per heavy atom. The van der Waals surface area contributed by atoms with Crippen molar-refractivity contribution in [2.45, 2.75) is 12.8 Å². The third-order valence-electron chi connectivity index (χ3n) is 2.43. The molecule has 0 fully saturated rings. The van der Waals surface area contributed by atoms with E-state index in [0.717, 1.165) is 19.4 Å². The van der Waals surface area contributed by atoms with Gasteiger partial charge in [0.1, 0.15) is 0 Å². The zero-order chi connectivity index (χ0) is 9.64. The fraction of sp³-hybridized carbons (Fsp3) is 0.333. The molecule has 1 aliphatic rings. The SMILES string of the molecule is C1=CCC(Cc2ccncc2)CN=C1. The van der Waals surface area contributed by atoms with E-state index in [9.17, 15) is 0 Å². The lowest BCUT2D eigenvalue weighted by molar-refractivity contribution is 0.548. The topological polar surface area (TPSA) is 25.2 Å². The van der Waals surface area contributed by atoms with E-state index in [1.54, 1.807) is 0 Å². The van der Waals surface area contributed by atoms with Crippen LogP contribution in [0.1, 0.15) is 12.0 Å². The molecule has 0 amide bonds. The van der Waals surface area contributed by atoms with Gasteiger partial charge in [-0.2, -0.15) is 0 Å². The van der Waals surface area contributed by atoms with Gasteiger partial charge in [0.2, 0.25) is 0 Å². The molecule has 72 valence electrons. The molecule has 1 atom stereocenters. The maximum Gasteiger partial charge on any atom is 0.0423 e. The second-order valence-electron chi connectivity index (χ2n) is 3.60. The number of pyridine rings is 1. The van der Waals surface area contributed by atoms with Gasteiger partial charge in [0, 0.05) is 25.2 Å². The Labute approximate surface area is 84.4 Å². The molecule has 2 heteroatoms. The Hall–Kier alpha value is -1.44. The largest absolute Gasteiger partial charge is 0.293 e. The Bertz CT molecular complexity index is 313. The minimum absolute atomic E-state index is 0.646. The quantitative estimate of drug-likeness (QED) is 0.695. The first-order valence-corrected chi connectivity index (χ1v) is 4.99. The summed E-state index contributed by atoms with van der Waals surface area (Å²) in [5, 5.41) is 0. The molecule has 1 aromatic rings. The lowest BCUT2D eigenvalue weighted by Crippen LogP contribution is -2.06. The van der Waals surface area contributed by atoms with E-state index < -0.39 is 0 Å². The van der Waals surface area contributed by atoms with E-state index in [0.29, 0.717) is 5.92 Å². The predicted molar refractivity (Wildman–Crippen MR) is 58.5 cm³/mol. The number of allylic oxidation sites excluding steroid dienone is 2. The molecule has 2 nitrogen and oxygen atoms in total. The van der Waals surface area contributed by atoms with Crippen LogP contribution in [0.5, 0.6) is 0 Å². The standard InChI is InChI=1S/C12H14N2/c1-2-6-14-10-12(3-1)9-11-4-7-13-8-5-11/h1-2,4-8,12H,3,9-10H2. The van der Waals surface area contributed by atoms with Gasteiger partial charge in [0.15, 0.2) is 0 Å². The molecule has 1 aromatic heterocycles. The van der Waals surface area contributed by atoms with Crippen molar-refractivity contribution in [1.82, 2.24) is 4.98 Å². The van der Waals surface area contributed by atoms with Crippen molar-refractivity contribution in [3.8, 4) is 0 Å². The van der Waals surface area contributed by atoms with Crippen molar-refractivity contribution in [2.75, 3.05) is 6.54 Å². The smallest absolute Gasteiger partial charge is 0.0423 e. The number of rotatable bonds is 2. The number of hydrogen-bond acceptors (Lipinski definition) is 2. The number of aliphatic imine (C=N–C) groups is 1. The highest BCUT2D eigenvalue weighted by molar-refractivity contribution is 5.71. The van der Waals surface area contributed by atoms with E-state index in [4.69, 9.17) is 0 Å². The fourth-order valence-corrected chi connectivity index (χ4v) is 1.68. The number of aromatic nitrogens is 1. The highest BCUT2D eigenvalue weighted by atomic mass is 14.7. The summed E-state index contributed by atoms with van der Waals surface area (Å²) in [4.78, 5) is 8.33. The Morgan fingerprint density at radius 1 is 1.29 bits per heavy atom. The van der Waals surface area contributed by atoms with Crippen LogP contribution in [0.15, 0.2) is 41.7 Å². The van der Waals surface area contributed by atoms with Crippen LogP contribution < -0.4 is 0 Å². The van der Waals surface area contributed by atoms with Crippen LogP contribution in [0.2, 0.25) is 0 Å². The Balaban J connectivity index is 1.97. The average Bonchev–Trinajstić information content (AvgIpc) is 2.48. The van der Waals surface area contributed by atoms with Crippen molar-refractivity contribution in [1.29, 1.82) is 0 Å². The molecule has 0 bridgehead atoms. The van der Waals surface area contributed by atoms with E-state index in [1.165, 1.54) is 5.56 Å². The zero-order valence-electron chi connectivity index (χ0n) is 8.13. The van der Waals surface area contributed by atoms with Gasteiger partial charge >= 0.3 is 0 Å². The van der Waals surface area contributed by atoms with Crippen molar-refractivity contribution < 1.29 is 0 Å². The van der Waals surface area contributed by atoms with Gasteiger partial charge < -0.3 is 0 Å². The second-order valence-corrected chi connectivity index (χ2v) is 3.60. The van der Waals surface area contributed by atoms with E-state index in [-0.39, 0.29) is 0 Å². The van der Waals surface area contributed by atoms with Crippen LogP contribution in [-0.4, -0.2) is 17.7 Å². The first kappa shape index (κ1) is 9.13. The van der Waals surface area contributed by atoms with Crippen LogP contribution in [-0.2, 0) is 6.42 Å².